The fourth-order valence-corrected chi connectivity index (χ4v) is 1.19. The maximum atomic E-state index is 5.56. The molecule has 0 aliphatic heterocycles. The lowest BCUT2D eigenvalue weighted by Gasteiger charge is -2.16. The standard InChI is InChI=1S/C13H22N2O/c1-10(2)6-7-16-11-8-14-12(15-9-11)13(3,4)5/h8-10H,6-7H2,1-5H3. The second-order valence-corrected chi connectivity index (χ2v) is 5.52. The molecule has 0 aromatic carbocycles. The van der Waals surface area contributed by atoms with Crippen LogP contribution in [0.15, 0.2) is 12.4 Å². The fraction of sp³-hybridized carbons (Fsp3) is 0.692. The van der Waals surface area contributed by atoms with Gasteiger partial charge in [-0.05, 0) is 12.3 Å². The van der Waals surface area contributed by atoms with Crippen LogP contribution in [0.1, 0.15) is 46.9 Å². The molecule has 0 fully saturated rings. The van der Waals surface area contributed by atoms with E-state index in [9.17, 15) is 0 Å². The van der Waals surface area contributed by atoms with Gasteiger partial charge >= 0.3 is 0 Å². The molecule has 0 aliphatic rings. The highest BCUT2D eigenvalue weighted by Crippen LogP contribution is 2.18. The van der Waals surface area contributed by atoms with Gasteiger partial charge in [-0.25, -0.2) is 9.97 Å². The molecule has 3 heteroatoms. The highest BCUT2D eigenvalue weighted by Gasteiger charge is 2.16. The van der Waals surface area contributed by atoms with Crippen LogP contribution in [0.5, 0.6) is 5.75 Å². The Hall–Kier alpha value is -1.12. The predicted octanol–water partition coefficient (Wildman–Crippen LogP) is 3.20. The first-order chi connectivity index (χ1) is 7.39. The number of hydrogen-bond acceptors (Lipinski definition) is 3. The molecular weight excluding hydrogens is 200 g/mol. The van der Waals surface area contributed by atoms with Crippen molar-refractivity contribution in [2.75, 3.05) is 6.61 Å². The van der Waals surface area contributed by atoms with Crippen LogP contribution in [-0.2, 0) is 5.41 Å². The average molecular weight is 222 g/mol. The number of rotatable bonds is 4. The van der Waals surface area contributed by atoms with E-state index in [1.807, 2.05) is 0 Å². The molecule has 0 spiro atoms. The van der Waals surface area contributed by atoms with Gasteiger partial charge in [-0.15, -0.1) is 0 Å². The summed E-state index contributed by atoms with van der Waals surface area (Å²) in [5.74, 6) is 2.27. The molecular formula is C13H22N2O. The van der Waals surface area contributed by atoms with Crippen molar-refractivity contribution in [3.63, 3.8) is 0 Å². The first-order valence-electron chi connectivity index (χ1n) is 5.85. The maximum Gasteiger partial charge on any atom is 0.155 e. The Labute approximate surface area is 98.3 Å². The molecule has 0 unspecified atom stereocenters. The van der Waals surface area contributed by atoms with Crippen molar-refractivity contribution in [1.82, 2.24) is 9.97 Å². The fourth-order valence-electron chi connectivity index (χ4n) is 1.19. The summed E-state index contributed by atoms with van der Waals surface area (Å²) in [7, 11) is 0. The first-order valence-corrected chi connectivity index (χ1v) is 5.85. The molecule has 0 radical (unpaired) electrons. The summed E-state index contributed by atoms with van der Waals surface area (Å²) >= 11 is 0. The molecule has 3 nitrogen and oxygen atoms in total. The molecule has 90 valence electrons. The van der Waals surface area contributed by atoms with Gasteiger partial charge in [-0.1, -0.05) is 34.6 Å². The summed E-state index contributed by atoms with van der Waals surface area (Å²) < 4.78 is 5.56. The van der Waals surface area contributed by atoms with Crippen molar-refractivity contribution < 1.29 is 4.74 Å². The Morgan fingerprint density at radius 1 is 1.19 bits per heavy atom. The molecule has 0 saturated heterocycles. The van der Waals surface area contributed by atoms with E-state index in [0.29, 0.717) is 5.92 Å². The molecule has 0 saturated carbocycles. The van der Waals surface area contributed by atoms with Gasteiger partial charge in [-0.3, -0.25) is 0 Å². The van der Waals surface area contributed by atoms with Crippen molar-refractivity contribution >= 4 is 0 Å². The van der Waals surface area contributed by atoms with Crippen molar-refractivity contribution in [1.29, 1.82) is 0 Å². The lowest BCUT2D eigenvalue weighted by molar-refractivity contribution is 0.286. The Morgan fingerprint density at radius 2 is 1.75 bits per heavy atom. The molecule has 1 aromatic rings. The van der Waals surface area contributed by atoms with Crippen LogP contribution in [0, 0.1) is 5.92 Å². The highest BCUT2D eigenvalue weighted by molar-refractivity contribution is 5.14. The van der Waals surface area contributed by atoms with Crippen molar-refractivity contribution in [2.45, 2.75) is 46.5 Å². The van der Waals surface area contributed by atoms with E-state index in [-0.39, 0.29) is 5.41 Å². The Kier molecular flexibility index (Phi) is 4.27. The van der Waals surface area contributed by atoms with Crippen LogP contribution in [0.25, 0.3) is 0 Å². The van der Waals surface area contributed by atoms with Crippen LogP contribution in [0.3, 0.4) is 0 Å². The minimum Gasteiger partial charge on any atom is -0.490 e. The van der Waals surface area contributed by atoms with Gasteiger partial charge in [0.1, 0.15) is 5.82 Å². The summed E-state index contributed by atoms with van der Waals surface area (Å²) in [4.78, 5) is 8.62. The quantitative estimate of drug-likeness (QED) is 0.784. The van der Waals surface area contributed by atoms with E-state index < -0.39 is 0 Å². The third-order valence-corrected chi connectivity index (χ3v) is 2.26. The van der Waals surface area contributed by atoms with E-state index in [1.165, 1.54) is 0 Å². The molecule has 16 heavy (non-hydrogen) atoms. The van der Waals surface area contributed by atoms with E-state index in [1.54, 1.807) is 12.4 Å². The van der Waals surface area contributed by atoms with Gasteiger partial charge in [0, 0.05) is 5.41 Å². The normalized spacial score (nSPS) is 11.9. The van der Waals surface area contributed by atoms with E-state index in [4.69, 9.17) is 4.74 Å². The van der Waals surface area contributed by atoms with Gasteiger partial charge in [0.2, 0.25) is 0 Å². The van der Waals surface area contributed by atoms with Crippen LogP contribution < -0.4 is 4.74 Å². The zero-order valence-electron chi connectivity index (χ0n) is 10.9. The molecule has 0 N–H and O–H groups in total. The SMILES string of the molecule is CC(C)CCOc1cnc(C(C)(C)C)nc1. The molecule has 1 rings (SSSR count). The zero-order chi connectivity index (χ0) is 12.2. The summed E-state index contributed by atoms with van der Waals surface area (Å²) in [5, 5.41) is 0. The lowest BCUT2D eigenvalue weighted by atomic mass is 9.96. The van der Waals surface area contributed by atoms with Crippen molar-refractivity contribution in [3.8, 4) is 5.75 Å². The monoisotopic (exact) mass is 222 g/mol. The van der Waals surface area contributed by atoms with Crippen molar-refractivity contribution in [3.05, 3.63) is 18.2 Å². The molecule has 0 bridgehead atoms. The number of nitrogens with zero attached hydrogens (tertiary/aromatic N) is 2. The first kappa shape index (κ1) is 12.9. The Bertz CT molecular complexity index is 312. The lowest BCUT2D eigenvalue weighted by Crippen LogP contribution is -2.15. The van der Waals surface area contributed by atoms with Crippen molar-refractivity contribution in [2.24, 2.45) is 5.92 Å². The van der Waals surface area contributed by atoms with Gasteiger partial charge in [0.05, 0.1) is 19.0 Å². The molecule has 1 aromatic heterocycles. The van der Waals surface area contributed by atoms with Crippen LogP contribution >= 0.6 is 0 Å². The third-order valence-electron chi connectivity index (χ3n) is 2.26. The van der Waals surface area contributed by atoms with Gasteiger partial charge < -0.3 is 4.74 Å². The largest absolute Gasteiger partial charge is 0.490 e. The van der Waals surface area contributed by atoms with E-state index in [2.05, 4.69) is 44.6 Å². The van der Waals surface area contributed by atoms with Crippen LogP contribution in [-0.4, -0.2) is 16.6 Å². The molecule has 0 aliphatic carbocycles. The summed E-state index contributed by atoms with van der Waals surface area (Å²) in [6.45, 7) is 11.4. The Balaban J connectivity index is 2.52. The molecule has 1 heterocycles. The van der Waals surface area contributed by atoms with Crippen LogP contribution in [0.2, 0.25) is 0 Å². The topological polar surface area (TPSA) is 35.0 Å². The zero-order valence-corrected chi connectivity index (χ0v) is 10.9. The third kappa shape index (κ3) is 4.17. The Morgan fingerprint density at radius 3 is 2.19 bits per heavy atom. The van der Waals surface area contributed by atoms with E-state index >= 15 is 0 Å². The minimum atomic E-state index is -0.00351. The van der Waals surface area contributed by atoms with Gasteiger partial charge in [-0.2, -0.15) is 0 Å². The smallest absolute Gasteiger partial charge is 0.155 e. The predicted molar refractivity (Wildman–Crippen MR) is 65.7 cm³/mol. The number of aromatic nitrogens is 2. The molecule has 0 amide bonds. The minimum absolute atomic E-state index is 0.00351. The molecule has 0 atom stereocenters. The second-order valence-electron chi connectivity index (χ2n) is 5.52. The number of hydrogen-bond donors (Lipinski definition) is 0. The van der Waals surface area contributed by atoms with E-state index in [0.717, 1.165) is 24.6 Å². The summed E-state index contributed by atoms with van der Waals surface area (Å²) in [6, 6.07) is 0. The maximum absolute atomic E-state index is 5.56. The van der Waals surface area contributed by atoms with Crippen LogP contribution in [0.4, 0.5) is 0 Å². The number of ether oxygens (including phenoxy) is 1. The highest BCUT2D eigenvalue weighted by atomic mass is 16.5. The summed E-state index contributed by atoms with van der Waals surface area (Å²) in [6.07, 6.45) is 4.57. The average Bonchev–Trinajstić information content (AvgIpc) is 2.16. The second kappa shape index (κ2) is 5.28. The van der Waals surface area contributed by atoms with Gasteiger partial charge in [0.25, 0.3) is 0 Å². The summed E-state index contributed by atoms with van der Waals surface area (Å²) in [5.41, 5.74) is -0.00351. The van der Waals surface area contributed by atoms with Gasteiger partial charge in [0.15, 0.2) is 5.75 Å².